The smallest absolute Gasteiger partial charge is 0.307 e. The molecule has 4 nitrogen and oxygen atoms in total. The fraction of sp³-hybridized carbons (Fsp3) is 0.556. The molecule has 2 atom stereocenters. The molecule has 31 heavy (non-hydrogen) atoms. The Labute approximate surface area is 186 Å². The van der Waals surface area contributed by atoms with Crippen molar-refractivity contribution < 1.29 is 19.8 Å². The fourth-order valence-corrected chi connectivity index (χ4v) is 5.34. The Hall–Kier alpha value is -2.36. The number of carbonyl (C=O) groups is 2. The largest absolute Gasteiger partial charge is 0.507 e. The third-order valence-electron chi connectivity index (χ3n) is 7.00. The number of aliphatic hydroxyl groups excluding tert-OH is 1. The van der Waals surface area contributed by atoms with Crippen molar-refractivity contribution in [2.45, 2.75) is 78.1 Å². The van der Waals surface area contributed by atoms with Gasteiger partial charge in [-0.15, -0.1) is 0 Å². The number of aliphatic carboxylic acids is 1. The molecule has 0 aliphatic heterocycles. The average Bonchev–Trinajstić information content (AvgIpc) is 2.59. The van der Waals surface area contributed by atoms with E-state index in [1.165, 1.54) is 30.4 Å². The van der Waals surface area contributed by atoms with Crippen molar-refractivity contribution in [1.29, 1.82) is 0 Å². The number of hydrogen-bond acceptors (Lipinski definition) is 3. The van der Waals surface area contributed by atoms with Crippen LogP contribution in [0.15, 0.2) is 47.7 Å². The molecule has 2 unspecified atom stereocenters. The highest BCUT2D eigenvalue weighted by Gasteiger charge is 2.35. The summed E-state index contributed by atoms with van der Waals surface area (Å²) in [6.45, 7) is 9.88. The second-order valence-electron chi connectivity index (χ2n) is 10.5. The van der Waals surface area contributed by atoms with Gasteiger partial charge in [0.1, 0.15) is 5.76 Å². The molecule has 2 fully saturated rings. The van der Waals surface area contributed by atoms with E-state index in [-0.39, 0.29) is 34.9 Å². The van der Waals surface area contributed by atoms with E-state index < -0.39 is 5.97 Å². The normalized spacial score (nSPS) is 25.8. The van der Waals surface area contributed by atoms with Crippen molar-refractivity contribution in [1.82, 2.24) is 0 Å². The summed E-state index contributed by atoms with van der Waals surface area (Å²) in [4.78, 5) is 24.1. The quantitative estimate of drug-likeness (QED) is 0.411. The maximum atomic E-state index is 13.0. The Morgan fingerprint density at radius 1 is 1.16 bits per heavy atom. The molecule has 2 aliphatic rings. The molecule has 0 saturated heterocycles. The van der Waals surface area contributed by atoms with E-state index in [0.717, 1.165) is 25.2 Å². The van der Waals surface area contributed by atoms with Crippen LogP contribution in [0.1, 0.15) is 82.8 Å². The van der Waals surface area contributed by atoms with Gasteiger partial charge in [0.25, 0.3) is 0 Å². The van der Waals surface area contributed by atoms with Crippen molar-refractivity contribution in [3.05, 3.63) is 58.9 Å². The zero-order valence-corrected chi connectivity index (χ0v) is 19.1. The monoisotopic (exact) mass is 424 g/mol. The molecule has 4 heteroatoms. The fourth-order valence-electron chi connectivity index (χ4n) is 5.34. The zero-order valence-electron chi connectivity index (χ0n) is 19.1. The predicted molar refractivity (Wildman–Crippen MR) is 123 cm³/mol. The Morgan fingerprint density at radius 2 is 1.81 bits per heavy atom. The molecule has 0 amide bonds. The van der Waals surface area contributed by atoms with Gasteiger partial charge in [-0.25, -0.2) is 0 Å². The minimum Gasteiger partial charge on any atom is -0.507 e. The van der Waals surface area contributed by atoms with Crippen molar-refractivity contribution in [2.24, 2.45) is 17.3 Å². The molecule has 0 aromatic heterocycles. The molecule has 1 aromatic rings. The number of hydrogen-bond donors (Lipinski definition) is 2. The van der Waals surface area contributed by atoms with Gasteiger partial charge in [-0.3, -0.25) is 9.59 Å². The maximum absolute atomic E-state index is 13.0. The van der Waals surface area contributed by atoms with Crippen LogP contribution in [0.5, 0.6) is 0 Å². The second-order valence-corrected chi connectivity index (χ2v) is 10.5. The van der Waals surface area contributed by atoms with Crippen LogP contribution in [-0.2, 0) is 16.0 Å². The third kappa shape index (κ3) is 5.87. The second kappa shape index (κ2) is 9.42. The Balaban J connectivity index is 1.80. The van der Waals surface area contributed by atoms with Crippen molar-refractivity contribution in [3.8, 4) is 0 Å². The highest BCUT2D eigenvalue weighted by Crippen LogP contribution is 2.41. The van der Waals surface area contributed by atoms with E-state index in [9.17, 15) is 14.7 Å². The van der Waals surface area contributed by atoms with E-state index in [2.05, 4.69) is 44.7 Å². The van der Waals surface area contributed by atoms with Crippen LogP contribution in [0, 0.1) is 17.3 Å². The van der Waals surface area contributed by atoms with Gasteiger partial charge in [0.05, 0.1) is 6.42 Å². The number of carboxylic acid groups (broad SMARTS) is 1. The van der Waals surface area contributed by atoms with E-state index in [0.29, 0.717) is 17.9 Å². The van der Waals surface area contributed by atoms with Crippen molar-refractivity contribution in [3.63, 3.8) is 0 Å². The van der Waals surface area contributed by atoms with Crippen LogP contribution >= 0.6 is 0 Å². The van der Waals surface area contributed by atoms with Gasteiger partial charge in [-0.05, 0) is 72.0 Å². The van der Waals surface area contributed by atoms with Crippen LogP contribution in [0.2, 0.25) is 0 Å². The summed E-state index contributed by atoms with van der Waals surface area (Å²) in [5, 5.41) is 19.7. The molecular weight excluding hydrogens is 388 g/mol. The van der Waals surface area contributed by atoms with Crippen LogP contribution in [0.25, 0.3) is 0 Å². The molecule has 2 N–H and O–H groups in total. The van der Waals surface area contributed by atoms with Crippen LogP contribution in [-0.4, -0.2) is 22.0 Å². The summed E-state index contributed by atoms with van der Waals surface area (Å²) in [6, 6.07) is 9.04. The van der Waals surface area contributed by atoms with E-state index in [1.807, 2.05) is 6.92 Å². The molecule has 168 valence electrons. The van der Waals surface area contributed by atoms with E-state index in [4.69, 9.17) is 5.11 Å². The summed E-state index contributed by atoms with van der Waals surface area (Å²) in [7, 11) is 0. The average molecular weight is 425 g/mol. The first-order chi connectivity index (χ1) is 14.6. The minimum absolute atomic E-state index is 0.0927. The molecule has 3 rings (SSSR count). The number of Topliss-reactive ketones (excluding diaryl/α,β-unsaturated/α-hetero) is 1. The van der Waals surface area contributed by atoms with Gasteiger partial charge in [-0.2, -0.15) is 0 Å². The molecule has 0 radical (unpaired) electrons. The number of carboxylic acids is 1. The molecule has 2 saturated carbocycles. The molecule has 2 aliphatic carbocycles. The number of aliphatic hydroxyl groups is 1. The summed E-state index contributed by atoms with van der Waals surface area (Å²) in [5.41, 5.74) is 3.02. The van der Waals surface area contributed by atoms with Gasteiger partial charge in [0.2, 0.25) is 0 Å². The SMILES string of the molecule is C=C(CC(=O)O)C(O)=C1C(=O)CC(C)(C)CC(Cc2ccc(C3CCC3)cc2)CC1C. The van der Waals surface area contributed by atoms with Crippen molar-refractivity contribution in [2.75, 3.05) is 0 Å². The Bertz CT molecular complexity index is 871. The summed E-state index contributed by atoms with van der Waals surface area (Å²) in [6.07, 6.45) is 6.57. The van der Waals surface area contributed by atoms with Crippen molar-refractivity contribution >= 4 is 11.8 Å². The molecule has 0 heterocycles. The highest BCUT2D eigenvalue weighted by atomic mass is 16.4. The predicted octanol–water partition coefficient (Wildman–Crippen LogP) is 6.37. The lowest BCUT2D eigenvalue weighted by atomic mass is 9.69. The first-order valence-electron chi connectivity index (χ1n) is 11.5. The van der Waals surface area contributed by atoms with E-state index >= 15 is 0 Å². The van der Waals surface area contributed by atoms with Crippen LogP contribution in [0.3, 0.4) is 0 Å². The van der Waals surface area contributed by atoms with Gasteiger partial charge in [-0.1, -0.05) is 58.0 Å². The zero-order chi connectivity index (χ0) is 22.8. The first kappa shape index (κ1) is 23.3. The van der Waals surface area contributed by atoms with Crippen LogP contribution < -0.4 is 0 Å². The van der Waals surface area contributed by atoms with Gasteiger partial charge < -0.3 is 10.2 Å². The van der Waals surface area contributed by atoms with Gasteiger partial charge in [0, 0.05) is 12.0 Å². The molecule has 0 bridgehead atoms. The lowest BCUT2D eigenvalue weighted by molar-refractivity contribution is -0.136. The van der Waals surface area contributed by atoms with Gasteiger partial charge in [0.15, 0.2) is 5.78 Å². The van der Waals surface area contributed by atoms with E-state index in [1.54, 1.807) is 0 Å². The maximum Gasteiger partial charge on any atom is 0.307 e. The number of benzene rings is 1. The molecule has 1 aromatic carbocycles. The number of allylic oxidation sites excluding steroid dienone is 2. The van der Waals surface area contributed by atoms with Gasteiger partial charge >= 0.3 is 5.97 Å². The first-order valence-corrected chi connectivity index (χ1v) is 11.5. The van der Waals surface area contributed by atoms with Crippen LogP contribution in [0.4, 0.5) is 0 Å². The summed E-state index contributed by atoms with van der Waals surface area (Å²) >= 11 is 0. The lowest BCUT2D eigenvalue weighted by Crippen LogP contribution is -2.30. The number of rotatable bonds is 6. The molecule has 0 spiro atoms. The summed E-state index contributed by atoms with van der Waals surface area (Å²) in [5.74, 6) is -0.413. The number of ketones is 1. The molecular formula is C27H36O4. The highest BCUT2D eigenvalue weighted by molar-refractivity contribution is 5.97. The minimum atomic E-state index is -1.06. The lowest BCUT2D eigenvalue weighted by Gasteiger charge is -2.35. The third-order valence-corrected chi connectivity index (χ3v) is 7.00. The standard InChI is InChI=1S/C27H36O4/c1-17-12-20(14-19-8-10-22(11-9-19)21-6-5-7-21)15-27(3,4)16-23(28)25(17)26(31)18(2)13-24(29)30/h8-11,17,20-21,31H,2,5-7,12-16H2,1,3-4H3,(H,29,30). The topological polar surface area (TPSA) is 74.6 Å². The Morgan fingerprint density at radius 3 is 2.35 bits per heavy atom. The summed E-state index contributed by atoms with van der Waals surface area (Å²) < 4.78 is 0. The number of carbonyl (C=O) groups excluding carboxylic acids is 1. The Kier molecular flexibility index (Phi) is 7.08.